The van der Waals surface area contributed by atoms with Gasteiger partial charge in [-0.05, 0) is 18.3 Å². The molecule has 0 unspecified atom stereocenters. The largest absolute Gasteiger partial charge is 0.355 e. The van der Waals surface area contributed by atoms with E-state index in [1.807, 2.05) is 0 Å². The number of rotatable bonds is 3. The molecular weight excluding hydrogens is 246 g/mol. The van der Waals surface area contributed by atoms with Gasteiger partial charge in [-0.15, -0.1) is 0 Å². The summed E-state index contributed by atoms with van der Waals surface area (Å²) in [5, 5.41) is 3.20. The van der Waals surface area contributed by atoms with Crippen molar-refractivity contribution in [2.24, 2.45) is 19.5 Å². The summed E-state index contributed by atoms with van der Waals surface area (Å²) in [6, 6.07) is 0. The van der Waals surface area contributed by atoms with E-state index in [4.69, 9.17) is 0 Å². The Morgan fingerprint density at radius 1 is 1.32 bits per heavy atom. The molecule has 3 rings (SSSR count). The number of imidazole rings is 1. The minimum Gasteiger partial charge on any atom is -0.355 e. The van der Waals surface area contributed by atoms with Crippen LogP contribution in [0.2, 0.25) is 0 Å². The molecule has 2 aromatic heterocycles. The molecule has 0 saturated heterocycles. The van der Waals surface area contributed by atoms with Crippen LogP contribution in [0.4, 0.5) is 5.95 Å². The molecule has 0 aromatic carbocycles. The van der Waals surface area contributed by atoms with Crippen LogP contribution in [0, 0.1) is 5.41 Å². The molecule has 0 spiro atoms. The molecule has 1 aliphatic rings. The molecule has 0 bridgehead atoms. The molecule has 1 aliphatic carbocycles. The summed E-state index contributed by atoms with van der Waals surface area (Å²) in [5.41, 5.74) is 0.362. The van der Waals surface area contributed by atoms with Crippen molar-refractivity contribution in [3.05, 3.63) is 20.8 Å². The number of nitrogens with one attached hydrogen (secondary N) is 2. The molecule has 7 heteroatoms. The predicted molar refractivity (Wildman–Crippen MR) is 72.4 cm³/mol. The topological polar surface area (TPSA) is 84.7 Å². The highest BCUT2D eigenvalue weighted by molar-refractivity contribution is 5.72. The Hall–Kier alpha value is -2.05. The third kappa shape index (κ3) is 1.85. The molecule has 19 heavy (non-hydrogen) atoms. The molecule has 102 valence electrons. The van der Waals surface area contributed by atoms with E-state index >= 15 is 0 Å². The minimum absolute atomic E-state index is 0.343. The first-order valence-corrected chi connectivity index (χ1v) is 6.31. The van der Waals surface area contributed by atoms with E-state index in [1.165, 1.54) is 24.5 Å². The van der Waals surface area contributed by atoms with E-state index in [1.54, 1.807) is 7.05 Å². The molecule has 0 atom stereocenters. The van der Waals surface area contributed by atoms with Crippen molar-refractivity contribution < 1.29 is 0 Å². The maximum atomic E-state index is 12.0. The summed E-state index contributed by atoms with van der Waals surface area (Å²) in [7, 11) is 3.07. The van der Waals surface area contributed by atoms with Gasteiger partial charge in [-0.3, -0.25) is 13.9 Å². The second kappa shape index (κ2) is 3.72. The summed E-state index contributed by atoms with van der Waals surface area (Å²) >= 11 is 0. The van der Waals surface area contributed by atoms with Crippen molar-refractivity contribution in [1.29, 1.82) is 0 Å². The maximum Gasteiger partial charge on any atom is 0.332 e. The summed E-state index contributed by atoms with van der Waals surface area (Å²) < 4.78 is 2.45. The van der Waals surface area contributed by atoms with Crippen LogP contribution in [-0.2, 0) is 14.1 Å². The van der Waals surface area contributed by atoms with E-state index in [9.17, 15) is 9.59 Å². The zero-order valence-corrected chi connectivity index (χ0v) is 11.3. The first-order valence-electron chi connectivity index (χ1n) is 6.31. The molecule has 0 amide bonds. The van der Waals surface area contributed by atoms with Gasteiger partial charge < -0.3 is 10.3 Å². The fourth-order valence-corrected chi connectivity index (χ4v) is 2.10. The smallest absolute Gasteiger partial charge is 0.332 e. The Labute approximate surface area is 109 Å². The van der Waals surface area contributed by atoms with Crippen molar-refractivity contribution in [2.75, 3.05) is 11.9 Å². The van der Waals surface area contributed by atoms with Crippen LogP contribution in [0.5, 0.6) is 0 Å². The fraction of sp³-hybridized carbons (Fsp3) is 0.583. The van der Waals surface area contributed by atoms with E-state index in [0.717, 1.165) is 11.1 Å². The summed E-state index contributed by atoms with van der Waals surface area (Å²) in [6.45, 7) is 3.03. The number of fused-ring (bicyclic) bond motifs is 1. The van der Waals surface area contributed by atoms with Gasteiger partial charge in [-0.2, -0.15) is 4.98 Å². The van der Waals surface area contributed by atoms with Crippen LogP contribution in [0.3, 0.4) is 0 Å². The summed E-state index contributed by atoms with van der Waals surface area (Å²) in [6.07, 6.45) is 2.42. The van der Waals surface area contributed by atoms with Gasteiger partial charge in [0.05, 0.1) is 0 Å². The SMILES string of the molecule is Cn1c(=O)c2[nH]c(NCC3(C)CC3)nc2n(C)c1=O. The van der Waals surface area contributed by atoms with Gasteiger partial charge in [-0.1, -0.05) is 6.92 Å². The molecule has 2 N–H and O–H groups in total. The van der Waals surface area contributed by atoms with Crippen LogP contribution in [-0.4, -0.2) is 25.6 Å². The highest BCUT2D eigenvalue weighted by Gasteiger charge is 2.37. The lowest BCUT2D eigenvalue weighted by atomic mass is 10.1. The average Bonchev–Trinajstić information content (AvgIpc) is 2.97. The van der Waals surface area contributed by atoms with E-state index in [-0.39, 0.29) is 11.2 Å². The van der Waals surface area contributed by atoms with Gasteiger partial charge in [0, 0.05) is 20.6 Å². The first-order chi connectivity index (χ1) is 8.91. The second-order valence-corrected chi connectivity index (χ2v) is 5.65. The third-order valence-electron chi connectivity index (χ3n) is 3.88. The zero-order chi connectivity index (χ0) is 13.8. The molecule has 1 fully saturated rings. The lowest BCUT2D eigenvalue weighted by molar-refractivity contribution is 0.608. The van der Waals surface area contributed by atoms with Gasteiger partial charge in [0.2, 0.25) is 5.95 Å². The van der Waals surface area contributed by atoms with Crippen LogP contribution >= 0.6 is 0 Å². The number of hydrogen-bond acceptors (Lipinski definition) is 4. The van der Waals surface area contributed by atoms with Crippen molar-refractivity contribution >= 4 is 17.1 Å². The first kappa shape index (κ1) is 12.0. The highest BCUT2D eigenvalue weighted by atomic mass is 16.2. The van der Waals surface area contributed by atoms with Gasteiger partial charge in [0.15, 0.2) is 11.2 Å². The Balaban J connectivity index is 2.05. The van der Waals surface area contributed by atoms with Crippen molar-refractivity contribution in [1.82, 2.24) is 19.1 Å². The molecule has 2 heterocycles. The van der Waals surface area contributed by atoms with Crippen LogP contribution < -0.4 is 16.6 Å². The molecular formula is C12H17N5O2. The minimum atomic E-state index is -0.371. The molecule has 0 radical (unpaired) electrons. The lowest BCUT2D eigenvalue weighted by Crippen LogP contribution is -2.36. The van der Waals surface area contributed by atoms with E-state index < -0.39 is 0 Å². The van der Waals surface area contributed by atoms with Crippen LogP contribution in [0.1, 0.15) is 19.8 Å². The number of nitrogens with zero attached hydrogens (tertiary/aromatic N) is 3. The zero-order valence-electron chi connectivity index (χ0n) is 11.3. The standard InChI is InChI=1S/C12H17N5O2/c1-12(4-5-12)6-13-10-14-7-8(15-10)16(2)11(19)17(3)9(7)18/h4-6H2,1-3H3,(H2,13,14,15). The second-order valence-electron chi connectivity index (χ2n) is 5.65. The molecule has 1 saturated carbocycles. The van der Waals surface area contributed by atoms with Gasteiger partial charge in [0.1, 0.15) is 0 Å². The van der Waals surface area contributed by atoms with Crippen LogP contribution in [0.15, 0.2) is 9.59 Å². The monoisotopic (exact) mass is 263 g/mol. The van der Waals surface area contributed by atoms with Crippen molar-refractivity contribution in [3.63, 3.8) is 0 Å². The summed E-state index contributed by atoms with van der Waals surface area (Å²) in [5.74, 6) is 0.543. The lowest BCUT2D eigenvalue weighted by Gasteiger charge is -2.07. The van der Waals surface area contributed by atoms with Gasteiger partial charge >= 0.3 is 5.69 Å². The number of hydrogen-bond donors (Lipinski definition) is 2. The number of aromatic nitrogens is 4. The third-order valence-corrected chi connectivity index (χ3v) is 3.88. The highest BCUT2D eigenvalue weighted by Crippen LogP contribution is 2.44. The average molecular weight is 263 g/mol. The predicted octanol–water partition coefficient (Wildman–Crippen LogP) is 0.172. The van der Waals surface area contributed by atoms with Crippen molar-refractivity contribution in [2.45, 2.75) is 19.8 Å². The Morgan fingerprint density at radius 3 is 2.63 bits per heavy atom. The van der Waals surface area contributed by atoms with Gasteiger partial charge in [0.25, 0.3) is 5.56 Å². The summed E-state index contributed by atoms with van der Waals surface area (Å²) in [4.78, 5) is 31.0. The Kier molecular flexibility index (Phi) is 2.35. The quantitative estimate of drug-likeness (QED) is 0.827. The van der Waals surface area contributed by atoms with Gasteiger partial charge in [-0.25, -0.2) is 4.79 Å². The molecule has 0 aliphatic heterocycles. The number of H-pyrrole nitrogens is 1. The van der Waals surface area contributed by atoms with Crippen LogP contribution in [0.25, 0.3) is 11.2 Å². The van der Waals surface area contributed by atoms with E-state index in [0.29, 0.717) is 22.5 Å². The fourth-order valence-electron chi connectivity index (χ4n) is 2.10. The Morgan fingerprint density at radius 2 is 2.00 bits per heavy atom. The normalized spacial score (nSPS) is 16.8. The Bertz CT molecular complexity index is 763. The number of aromatic amines is 1. The van der Waals surface area contributed by atoms with E-state index in [2.05, 4.69) is 22.2 Å². The maximum absolute atomic E-state index is 12.0. The molecule has 2 aromatic rings. The number of aryl methyl sites for hydroxylation is 1. The van der Waals surface area contributed by atoms with Crippen molar-refractivity contribution in [3.8, 4) is 0 Å². The number of anilines is 1. The molecule has 7 nitrogen and oxygen atoms in total.